The van der Waals surface area contributed by atoms with Gasteiger partial charge in [-0.05, 0) is 29.8 Å². The van der Waals surface area contributed by atoms with Crippen LogP contribution in [0.2, 0.25) is 0 Å². The molecule has 0 aliphatic rings. The molecule has 1 heterocycles. The molecule has 0 atom stereocenters. The number of carbonyl (C=O) groups excluding carboxylic acids is 1. The van der Waals surface area contributed by atoms with Gasteiger partial charge >= 0.3 is 5.69 Å². The van der Waals surface area contributed by atoms with Gasteiger partial charge in [0, 0.05) is 23.5 Å². The summed E-state index contributed by atoms with van der Waals surface area (Å²) in [4.78, 5) is 26.7. The fraction of sp³-hybridized carbons (Fsp3) is 0. The van der Waals surface area contributed by atoms with Gasteiger partial charge in [-0.25, -0.2) is 4.98 Å². The van der Waals surface area contributed by atoms with E-state index in [2.05, 4.69) is 10.3 Å². The number of carbonyl (C=O) groups is 1. The summed E-state index contributed by atoms with van der Waals surface area (Å²) in [6.07, 6.45) is 4.68. The molecule has 6 nitrogen and oxygen atoms in total. The minimum absolute atomic E-state index is 0.0932. The van der Waals surface area contributed by atoms with Crippen molar-refractivity contribution in [3.63, 3.8) is 0 Å². The Balaban J connectivity index is 1.78. The van der Waals surface area contributed by atoms with Crippen LogP contribution in [0.1, 0.15) is 15.9 Å². The lowest BCUT2D eigenvalue weighted by atomic mass is 10.1. The zero-order chi connectivity index (χ0) is 18.4. The number of rotatable bonds is 6. The van der Waals surface area contributed by atoms with Crippen LogP contribution < -0.4 is 5.32 Å². The van der Waals surface area contributed by atoms with Crippen LogP contribution in [0.25, 0.3) is 6.08 Å². The lowest BCUT2D eigenvalue weighted by molar-refractivity contribution is -0.384. The Hall–Kier alpha value is -3.80. The molecule has 0 aliphatic carbocycles. The number of ketones is 1. The predicted octanol–water partition coefficient (Wildman–Crippen LogP) is 4.63. The standard InChI is InChI=1S/C20H15N3O3/c24-19(16-7-2-1-3-8-16)12-11-15-6-4-9-17(14-15)22-20-18(23(25)26)10-5-13-21-20/h1-14H,(H,21,22)/b12-11+. The molecule has 1 aromatic heterocycles. The van der Waals surface area contributed by atoms with Crippen molar-refractivity contribution in [3.8, 4) is 0 Å². The third-order valence-electron chi connectivity index (χ3n) is 3.62. The van der Waals surface area contributed by atoms with Crippen molar-refractivity contribution >= 4 is 29.1 Å². The first-order valence-corrected chi connectivity index (χ1v) is 7.87. The van der Waals surface area contributed by atoms with Gasteiger partial charge in [0.2, 0.25) is 5.82 Å². The van der Waals surface area contributed by atoms with E-state index >= 15 is 0 Å². The molecule has 3 aromatic rings. The first-order valence-electron chi connectivity index (χ1n) is 7.87. The second-order valence-corrected chi connectivity index (χ2v) is 5.44. The topological polar surface area (TPSA) is 85.1 Å². The van der Waals surface area contributed by atoms with Crippen molar-refractivity contribution in [2.75, 3.05) is 5.32 Å². The smallest absolute Gasteiger partial charge is 0.311 e. The van der Waals surface area contributed by atoms with Crippen LogP contribution in [0.3, 0.4) is 0 Å². The number of aromatic nitrogens is 1. The number of benzene rings is 2. The number of hydrogen-bond acceptors (Lipinski definition) is 5. The molecule has 26 heavy (non-hydrogen) atoms. The van der Waals surface area contributed by atoms with Crippen LogP contribution in [-0.4, -0.2) is 15.7 Å². The Morgan fingerprint density at radius 2 is 1.85 bits per heavy atom. The largest absolute Gasteiger partial charge is 0.334 e. The number of allylic oxidation sites excluding steroid dienone is 1. The van der Waals surface area contributed by atoms with Crippen LogP contribution in [0, 0.1) is 10.1 Å². The van der Waals surface area contributed by atoms with Gasteiger partial charge in [-0.3, -0.25) is 14.9 Å². The molecule has 1 N–H and O–H groups in total. The molecule has 2 aromatic carbocycles. The van der Waals surface area contributed by atoms with Gasteiger partial charge in [0.25, 0.3) is 0 Å². The lowest BCUT2D eigenvalue weighted by Gasteiger charge is -2.06. The van der Waals surface area contributed by atoms with Gasteiger partial charge in [-0.2, -0.15) is 0 Å². The Labute approximate surface area is 150 Å². The van der Waals surface area contributed by atoms with E-state index in [0.717, 1.165) is 5.56 Å². The molecule has 0 fully saturated rings. The summed E-state index contributed by atoms with van der Waals surface area (Å²) >= 11 is 0. The normalized spacial score (nSPS) is 10.6. The molecule has 0 bridgehead atoms. The molecule has 6 heteroatoms. The van der Waals surface area contributed by atoms with Crippen molar-refractivity contribution in [2.45, 2.75) is 0 Å². The van der Waals surface area contributed by atoms with Gasteiger partial charge < -0.3 is 5.32 Å². The van der Waals surface area contributed by atoms with E-state index in [9.17, 15) is 14.9 Å². The van der Waals surface area contributed by atoms with Crippen molar-refractivity contribution in [3.05, 3.63) is 100 Å². The molecule has 0 saturated heterocycles. The number of nitro groups is 1. The Bertz CT molecular complexity index is 969. The molecular weight excluding hydrogens is 330 g/mol. The van der Waals surface area contributed by atoms with E-state index in [4.69, 9.17) is 0 Å². The first-order chi connectivity index (χ1) is 12.6. The maximum atomic E-state index is 12.1. The van der Waals surface area contributed by atoms with Gasteiger partial charge in [0.15, 0.2) is 5.78 Å². The van der Waals surface area contributed by atoms with Crippen LogP contribution in [0.15, 0.2) is 79.0 Å². The highest BCUT2D eigenvalue weighted by atomic mass is 16.6. The van der Waals surface area contributed by atoms with Gasteiger partial charge in [0.05, 0.1) is 4.92 Å². The fourth-order valence-corrected chi connectivity index (χ4v) is 2.37. The van der Waals surface area contributed by atoms with Crippen LogP contribution in [0.5, 0.6) is 0 Å². The van der Waals surface area contributed by atoms with Crippen LogP contribution in [0.4, 0.5) is 17.2 Å². The van der Waals surface area contributed by atoms with Gasteiger partial charge in [-0.15, -0.1) is 0 Å². The third kappa shape index (κ3) is 4.18. The van der Waals surface area contributed by atoms with E-state index in [1.54, 1.807) is 36.4 Å². The molecule has 0 unspecified atom stereocenters. The lowest BCUT2D eigenvalue weighted by Crippen LogP contribution is -1.99. The fourth-order valence-electron chi connectivity index (χ4n) is 2.37. The van der Waals surface area contributed by atoms with Crippen molar-refractivity contribution < 1.29 is 9.72 Å². The quantitative estimate of drug-likeness (QED) is 0.305. The number of nitrogens with one attached hydrogen (secondary N) is 1. The van der Waals surface area contributed by atoms with E-state index in [1.807, 2.05) is 24.3 Å². The predicted molar refractivity (Wildman–Crippen MR) is 100 cm³/mol. The summed E-state index contributed by atoms with van der Waals surface area (Å²) in [7, 11) is 0. The Morgan fingerprint density at radius 3 is 2.62 bits per heavy atom. The molecular formula is C20H15N3O3. The van der Waals surface area contributed by atoms with Crippen molar-refractivity contribution in [2.24, 2.45) is 0 Å². The third-order valence-corrected chi connectivity index (χ3v) is 3.62. The van der Waals surface area contributed by atoms with Crippen LogP contribution >= 0.6 is 0 Å². The zero-order valence-electron chi connectivity index (χ0n) is 13.7. The molecule has 0 radical (unpaired) electrons. The molecule has 128 valence electrons. The highest BCUT2D eigenvalue weighted by Crippen LogP contribution is 2.25. The maximum absolute atomic E-state index is 12.1. The maximum Gasteiger partial charge on any atom is 0.311 e. The first kappa shape index (κ1) is 17.0. The summed E-state index contributed by atoms with van der Waals surface area (Å²) in [5.41, 5.74) is 1.94. The average Bonchev–Trinajstić information content (AvgIpc) is 2.67. The molecule has 0 saturated carbocycles. The SMILES string of the molecule is O=C(/C=C/c1cccc(Nc2ncccc2[N+](=O)[O-])c1)c1ccccc1. The summed E-state index contributed by atoms with van der Waals surface area (Å²) in [5.74, 6) is 0.0725. The highest BCUT2D eigenvalue weighted by molar-refractivity contribution is 6.06. The van der Waals surface area contributed by atoms with Crippen molar-refractivity contribution in [1.82, 2.24) is 4.98 Å². The van der Waals surface area contributed by atoms with Crippen molar-refractivity contribution in [1.29, 1.82) is 0 Å². The molecule has 0 amide bonds. The summed E-state index contributed by atoms with van der Waals surface area (Å²) in [5, 5.41) is 14.0. The number of hydrogen-bond donors (Lipinski definition) is 1. The monoisotopic (exact) mass is 345 g/mol. The molecule has 0 aliphatic heterocycles. The summed E-state index contributed by atoms with van der Waals surface area (Å²) < 4.78 is 0. The average molecular weight is 345 g/mol. The highest BCUT2D eigenvalue weighted by Gasteiger charge is 2.13. The molecule has 0 spiro atoms. The van der Waals surface area contributed by atoms with E-state index in [0.29, 0.717) is 11.3 Å². The Kier molecular flexibility index (Phi) is 5.14. The van der Waals surface area contributed by atoms with Crippen LogP contribution in [-0.2, 0) is 0 Å². The zero-order valence-corrected chi connectivity index (χ0v) is 13.7. The summed E-state index contributed by atoms with van der Waals surface area (Å²) in [6, 6.07) is 19.1. The van der Waals surface area contributed by atoms with Gasteiger partial charge in [-0.1, -0.05) is 48.5 Å². The second-order valence-electron chi connectivity index (χ2n) is 5.44. The van der Waals surface area contributed by atoms with E-state index < -0.39 is 4.92 Å². The summed E-state index contributed by atoms with van der Waals surface area (Å²) in [6.45, 7) is 0. The Morgan fingerprint density at radius 1 is 1.04 bits per heavy atom. The van der Waals surface area contributed by atoms with E-state index in [1.165, 1.54) is 24.4 Å². The second kappa shape index (κ2) is 7.85. The minimum atomic E-state index is -0.488. The molecule has 3 rings (SSSR count). The van der Waals surface area contributed by atoms with Gasteiger partial charge in [0.1, 0.15) is 0 Å². The number of pyridine rings is 1. The minimum Gasteiger partial charge on any atom is -0.334 e. The number of anilines is 2. The number of nitrogens with zero attached hydrogens (tertiary/aromatic N) is 2. The van der Waals surface area contributed by atoms with E-state index in [-0.39, 0.29) is 17.3 Å².